The van der Waals surface area contributed by atoms with E-state index in [1.807, 2.05) is 27.7 Å². The summed E-state index contributed by atoms with van der Waals surface area (Å²) < 4.78 is 0. The van der Waals surface area contributed by atoms with E-state index in [9.17, 15) is 9.59 Å². The Hall–Kier alpha value is -1.10. The van der Waals surface area contributed by atoms with E-state index in [0.717, 1.165) is 12.8 Å². The molecule has 0 aromatic rings. The Morgan fingerprint density at radius 1 is 1.21 bits per heavy atom. The molecule has 3 atom stereocenters. The Morgan fingerprint density at radius 2 is 1.74 bits per heavy atom. The second-order valence-electron chi connectivity index (χ2n) is 6.42. The lowest BCUT2D eigenvalue weighted by Gasteiger charge is -2.27. The molecule has 0 rings (SSSR count). The molecule has 5 nitrogen and oxygen atoms in total. The first-order valence-corrected chi connectivity index (χ1v) is 6.84. The fourth-order valence-corrected chi connectivity index (χ4v) is 1.65. The standard InChI is InChI=1S/C14H28N2O3/c1-9(13(18)19)7-6-8-10(2)16-12(17)11(15)14(3,4)5/h9-11H,6-8,15H2,1-5H3,(H,16,17)(H,18,19)/t9?,10?,11-/m0/s1. The largest absolute Gasteiger partial charge is 0.481 e. The number of nitrogens with one attached hydrogen (secondary N) is 1. The first kappa shape index (κ1) is 17.9. The van der Waals surface area contributed by atoms with E-state index in [1.54, 1.807) is 6.92 Å². The highest BCUT2D eigenvalue weighted by atomic mass is 16.4. The maximum atomic E-state index is 11.9. The summed E-state index contributed by atoms with van der Waals surface area (Å²) in [5.41, 5.74) is 5.61. The topological polar surface area (TPSA) is 92.4 Å². The molecule has 0 spiro atoms. The van der Waals surface area contributed by atoms with Gasteiger partial charge in [-0.3, -0.25) is 9.59 Å². The molecule has 0 aliphatic heterocycles. The lowest BCUT2D eigenvalue weighted by Crippen LogP contribution is -2.50. The normalized spacial score (nSPS) is 16.5. The molecule has 0 saturated carbocycles. The minimum atomic E-state index is -0.772. The van der Waals surface area contributed by atoms with Crippen molar-refractivity contribution in [2.24, 2.45) is 17.1 Å². The van der Waals surface area contributed by atoms with Gasteiger partial charge in [-0.05, 0) is 25.2 Å². The van der Waals surface area contributed by atoms with Crippen molar-refractivity contribution in [1.29, 1.82) is 0 Å². The van der Waals surface area contributed by atoms with E-state index in [4.69, 9.17) is 10.8 Å². The Bertz CT molecular complexity index is 310. The summed E-state index contributed by atoms with van der Waals surface area (Å²) >= 11 is 0. The summed E-state index contributed by atoms with van der Waals surface area (Å²) in [6.45, 7) is 9.39. The van der Waals surface area contributed by atoms with E-state index < -0.39 is 12.0 Å². The van der Waals surface area contributed by atoms with Crippen molar-refractivity contribution >= 4 is 11.9 Å². The SMILES string of the molecule is CC(CCCC(C)C(=O)O)NC(=O)[C@H](N)C(C)(C)C. The molecule has 5 heteroatoms. The van der Waals surface area contributed by atoms with Crippen molar-refractivity contribution in [3.8, 4) is 0 Å². The van der Waals surface area contributed by atoms with Crippen molar-refractivity contribution < 1.29 is 14.7 Å². The molecular formula is C14H28N2O3. The van der Waals surface area contributed by atoms with Crippen molar-refractivity contribution in [2.45, 2.75) is 66.0 Å². The maximum Gasteiger partial charge on any atom is 0.306 e. The number of hydrogen-bond acceptors (Lipinski definition) is 3. The highest BCUT2D eigenvalue weighted by Gasteiger charge is 2.28. The van der Waals surface area contributed by atoms with E-state index in [0.29, 0.717) is 6.42 Å². The molecule has 0 radical (unpaired) electrons. The number of nitrogens with two attached hydrogens (primary N) is 1. The number of hydrogen-bond donors (Lipinski definition) is 3. The molecule has 112 valence electrons. The number of amides is 1. The van der Waals surface area contributed by atoms with Gasteiger partial charge in [0.25, 0.3) is 0 Å². The van der Waals surface area contributed by atoms with Gasteiger partial charge < -0.3 is 16.2 Å². The molecule has 0 bridgehead atoms. The summed E-state index contributed by atoms with van der Waals surface area (Å²) in [4.78, 5) is 22.5. The van der Waals surface area contributed by atoms with Crippen molar-refractivity contribution in [2.75, 3.05) is 0 Å². The van der Waals surface area contributed by atoms with Gasteiger partial charge in [-0.25, -0.2) is 0 Å². The van der Waals surface area contributed by atoms with Gasteiger partial charge >= 0.3 is 5.97 Å². The monoisotopic (exact) mass is 272 g/mol. The third-order valence-corrected chi connectivity index (χ3v) is 3.30. The summed E-state index contributed by atoms with van der Waals surface area (Å²) in [6, 6.07) is -0.519. The molecule has 1 amide bonds. The second-order valence-corrected chi connectivity index (χ2v) is 6.42. The van der Waals surface area contributed by atoms with Crippen LogP contribution >= 0.6 is 0 Å². The van der Waals surface area contributed by atoms with Crippen LogP contribution in [0.5, 0.6) is 0 Å². The highest BCUT2D eigenvalue weighted by molar-refractivity contribution is 5.82. The molecule has 0 aliphatic carbocycles. The number of carboxylic acids is 1. The summed E-state index contributed by atoms with van der Waals surface area (Å²) in [5.74, 6) is -1.25. The summed E-state index contributed by atoms with van der Waals surface area (Å²) in [6.07, 6.45) is 2.17. The quantitative estimate of drug-likeness (QED) is 0.658. The number of rotatable bonds is 7. The first-order chi connectivity index (χ1) is 8.55. The van der Waals surface area contributed by atoms with Gasteiger partial charge in [0.05, 0.1) is 12.0 Å². The predicted octanol–water partition coefficient (Wildman–Crippen LogP) is 1.76. The van der Waals surface area contributed by atoms with Gasteiger partial charge in [0.2, 0.25) is 5.91 Å². The van der Waals surface area contributed by atoms with E-state index in [1.165, 1.54) is 0 Å². The van der Waals surface area contributed by atoms with Crippen LogP contribution in [0, 0.1) is 11.3 Å². The van der Waals surface area contributed by atoms with Gasteiger partial charge in [0, 0.05) is 6.04 Å². The van der Waals surface area contributed by atoms with E-state index >= 15 is 0 Å². The smallest absolute Gasteiger partial charge is 0.306 e. The van der Waals surface area contributed by atoms with Gasteiger partial charge in [-0.2, -0.15) is 0 Å². The molecule has 0 heterocycles. The Labute approximate surface area is 115 Å². The zero-order chi connectivity index (χ0) is 15.2. The Kier molecular flexibility index (Phi) is 7.05. The Balaban J connectivity index is 4.02. The molecule has 0 fully saturated rings. The van der Waals surface area contributed by atoms with E-state index in [-0.39, 0.29) is 23.3 Å². The third kappa shape index (κ3) is 7.15. The predicted molar refractivity (Wildman–Crippen MR) is 75.7 cm³/mol. The van der Waals surface area contributed by atoms with Crippen molar-refractivity contribution in [3.05, 3.63) is 0 Å². The molecule has 0 aliphatic rings. The molecule has 2 unspecified atom stereocenters. The number of carbonyl (C=O) groups is 2. The summed E-state index contributed by atoms with van der Waals surface area (Å²) in [7, 11) is 0. The van der Waals surface area contributed by atoms with Crippen LogP contribution in [0.1, 0.15) is 53.9 Å². The van der Waals surface area contributed by atoms with Gasteiger partial charge in [-0.1, -0.05) is 34.1 Å². The molecule has 0 aromatic heterocycles. The number of carbonyl (C=O) groups excluding carboxylic acids is 1. The second kappa shape index (κ2) is 7.48. The third-order valence-electron chi connectivity index (χ3n) is 3.30. The Morgan fingerprint density at radius 3 is 2.16 bits per heavy atom. The lowest BCUT2D eigenvalue weighted by atomic mass is 9.87. The average Bonchev–Trinajstić information content (AvgIpc) is 2.26. The van der Waals surface area contributed by atoms with Crippen LogP contribution in [-0.4, -0.2) is 29.1 Å². The molecule has 19 heavy (non-hydrogen) atoms. The van der Waals surface area contributed by atoms with Gasteiger partial charge in [0.15, 0.2) is 0 Å². The van der Waals surface area contributed by atoms with E-state index in [2.05, 4.69) is 5.32 Å². The van der Waals surface area contributed by atoms with Crippen LogP contribution in [0.3, 0.4) is 0 Å². The average molecular weight is 272 g/mol. The molecule has 0 aromatic carbocycles. The van der Waals surface area contributed by atoms with Crippen LogP contribution in [0.4, 0.5) is 0 Å². The van der Waals surface area contributed by atoms with Crippen LogP contribution in [0.15, 0.2) is 0 Å². The zero-order valence-corrected chi connectivity index (χ0v) is 12.7. The fraction of sp³-hybridized carbons (Fsp3) is 0.857. The van der Waals surface area contributed by atoms with Crippen molar-refractivity contribution in [3.63, 3.8) is 0 Å². The number of carboxylic acid groups (broad SMARTS) is 1. The van der Waals surface area contributed by atoms with Gasteiger partial charge in [-0.15, -0.1) is 0 Å². The minimum Gasteiger partial charge on any atom is -0.481 e. The highest BCUT2D eigenvalue weighted by Crippen LogP contribution is 2.17. The molecule has 0 saturated heterocycles. The van der Waals surface area contributed by atoms with Crippen LogP contribution in [-0.2, 0) is 9.59 Å². The lowest BCUT2D eigenvalue weighted by molar-refractivity contribution is -0.141. The van der Waals surface area contributed by atoms with Crippen LogP contribution < -0.4 is 11.1 Å². The molecular weight excluding hydrogens is 244 g/mol. The maximum absolute atomic E-state index is 11.9. The molecule has 4 N–H and O–H groups in total. The zero-order valence-electron chi connectivity index (χ0n) is 12.7. The first-order valence-electron chi connectivity index (χ1n) is 6.84. The van der Waals surface area contributed by atoms with Gasteiger partial charge in [0.1, 0.15) is 0 Å². The minimum absolute atomic E-state index is 0.0156. The van der Waals surface area contributed by atoms with Crippen molar-refractivity contribution in [1.82, 2.24) is 5.32 Å². The van der Waals surface area contributed by atoms with Crippen LogP contribution in [0.2, 0.25) is 0 Å². The number of aliphatic carboxylic acids is 1. The van der Waals surface area contributed by atoms with Crippen LogP contribution in [0.25, 0.3) is 0 Å². The summed E-state index contributed by atoms with van der Waals surface area (Å²) in [5, 5.41) is 11.6. The fourth-order valence-electron chi connectivity index (χ4n) is 1.65.